The standard InChI is InChI=1S/C20H22ClIN4OS/c1-2-25-9-11-26(12-10-25)16-6-4-15(5-7-16)23-20(28)24-19(27)17-13-14(22)3-8-18(17)21/h3-8,13H,2,9-12H2,1H3,(H2,23,24,27,28). The van der Waals surface area contributed by atoms with E-state index in [-0.39, 0.29) is 11.0 Å². The predicted octanol–water partition coefficient (Wildman–Crippen LogP) is 4.21. The number of hydrogen-bond acceptors (Lipinski definition) is 4. The van der Waals surface area contributed by atoms with E-state index < -0.39 is 0 Å². The predicted molar refractivity (Wildman–Crippen MR) is 129 cm³/mol. The number of hydrogen-bond donors (Lipinski definition) is 2. The molecule has 148 valence electrons. The van der Waals surface area contributed by atoms with E-state index >= 15 is 0 Å². The maximum absolute atomic E-state index is 12.4. The van der Waals surface area contributed by atoms with Crippen LogP contribution in [0.1, 0.15) is 17.3 Å². The normalized spacial score (nSPS) is 14.6. The van der Waals surface area contributed by atoms with Crippen molar-refractivity contribution in [3.8, 4) is 0 Å². The molecule has 8 heteroatoms. The van der Waals surface area contributed by atoms with Crippen LogP contribution in [0.25, 0.3) is 0 Å². The number of thiocarbonyl (C=S) groups is 1. The maximum atomic E-state index is 12.4. The fraction of sp³-hybridized carbons (Fsp3) is 0.300. The highest BCUT2D eigenvalue weighted by Gasteiger charge is 2.16. The summed E-state index contributed by atoms with van der Waals surface area (Å²) in [6, 6.07) is 13.4. The number of anilines is 2. The third-order valence-electron chi connectivity index (χ3n) is 4.71. The minimum absolute atomic E-state index is 0.240. The molecule has 0 radical (unpaired) electrons. The van der Waals surface area contributed by atoms with Crippen molar-refractivity contribution in [1.29, 1.82) is 0 Å². The Morgan fingerprint density at radius 1 is 1.14 bits per heavy atom. The zero-order valence-electron chi connectivity index (χ0n) is 15.5. The molecule has 0 saturated carbocycles. The van der Waals surface area contributed by atoms with Gasteiger partial charge in [0.05, 0.1) is 10.6 Å². The Balaban J connectivity index is 1.56. The molecule has 3 rings (SSSR count). The summed E-state index contributed by atoms with van der Waals surface area (Å²) in [6.07, 6.45) is 0. The van der Waals surface area contributed by atoms with E-state index in [1.165, 1.54) is 5.69 Å². The van der Waals surface area contributed by atoms with Crippen molar-refractivity contribution < 1.29 is 4.79 Å². The van der Waals surface area contributed by atoms with Gasteiger partial charge in [-0.3, -0.25) is 10.1 Å². The summed E-state index contributed by atoms with van der Waals surface area (Å²) in [6.45, 7) is 7.55. The summed E-state index contributed by atoms with van der Waals surface area (Å²) < 4.78 is 0.932. The van der Waals surface area contributed by atoms with Crippen molar-refractivity contribution in [3.63, 3.8) is 0 Å². The van der Waals surface area contributed by atoms with Crippen LogP contribution in [0.4, 0.5) is 11.4 Å². The van der Waals surface area contributed by atoms with E-state index in [4.69, 9.17) is 23.8 Å². The third kappa shape index (κ3) is 5.56. The third-order valence-corrected chi connectivity index (χ3v) is 5.91. The minimum Gasteiger partial charge on any atom is -0.369 e. The fourth-order valence-electron chi connectivity index (χ4n) is 3.08. The number of rotatable bonds is 4. The van der Waals surface area contributed by atoms with Gasteiger partial charge in [0.15, 0.2) is 5.11 Å². The molecule has 28 heavy (non-hydrogen) atoms. The smallest absolute Gasteiger partial charge is 0.258 e. The van der Waals surface area contributed by atoms with Crippen molar-refractivity contribution >= 4 is 68.8 Å². The number of nitrogens with zero attached hydrogens (tertiary/aromatic N) is 2. The quantitative estimate of drug-likeness (QED) is 0.460. The molecule has 5 nitrogen and oxygen atoms in total. The molecule has 2 aromatic rings. The van der Waals surface area contributed by atoms with Crippen LogP contribution in [0.3, 0.4) is 0 Å². The second-order valence-corrected chi connectivity index (χ2v) is 8.56. The molecule has 0 aromatic heterocycles. The topological polar surface area (TPSA) is 47.6 Å². The van der Waals surface area contributed by atoms with Crippen LogP contribution in [-0.2, 0) is 0 Å². The molecule has 2 N–H and O–H groups in total. The van der Waals surface area contributed by atoms with Gasteiger partial charge in [-0.1, -0.05) is 18.5 Å². The molecule has 0 atom stereocenters. The van der Waals surface area contributed by atoms with Gasteiger partial charge in [-0.15, -0.1) is 0 Å². The Bertz CT molecular complexity index is 854. The number of piperazine rings is 1. The largest absolute Gasteiger partial charge is 0.369 e. The Morgan fingerprint density at radius 2 is 1.82 bits per heavy atom. The minimum atomic E-state index is -0.327. The lowest BCUT2D eigenvalue weighted by Gasteiger charge is -2.35. The van der Waals surface area contributed by atoms with Crippen molar-refractivity contribution in [2.45, 2.75) is 6.92 Å². The van der Waals surface area contributed by atoms with Crippen LogP contribution in [0.5, 0.6) is 0 Å². The summed E-state index contributed by atoms with van der Waals surface area (Å²) in [5, 5.41) is 6.37. The summed E-state index contributed by atoms with van der Waals surface area (Å²) in [4.78, 5) is 17.2. The molecular weight excluding hydrogens is 507 g/mol. The monoisotopic (exact) mass is 528 g/mol. The first-order chi connectivity index (χ1) is 13.5. The van der Waals surface area contributed by atoms with Crippen LogP contribution < -0.4 is 15.5 Å². The lowest BCUT2D eigenvalue weighted by atomic mass is 10.2. The molecule has 0 spiro atoms. The van der Waals surface area contributed by atoms with Crippen molar-refractivity contribution in [2.75, 3.05) is 42.9 Å². The summed E-state index contributed by atoms with van der Waals surface area (Å²) in [5.74, 6) is -0.327. The number of amides is 1. The molecule has 0 aliphatic carbocycles. The number of carbonyl (C=O) groups excluding carboxylic acids is 1. The first-order valence-electron chi connectivity index (χ1n) is 9.11. The van der Waals surface area contributed by atoms with E-state index in [0.29, 0.717) is 10.6 Å². The summed E-state index contributed by atoms with van der Waals surface area (Å²) in [5.41, 5.74) is 2.43. The van der Waals surface area contributed by atoms with E-state index in [0.717, 1.165) is 42.0 Å². The van der Waals surface area contributed by atoms with Crippen molar-refractivity contribution in [2.24, 2.45) is 0 Å². The summed E-state index contributed by atoms with van der Waals surface area (Å²) >= 11 is 13.5. The highest BCUT2D eigenvalue weighted by atomic mass is 127. The van der Waals surface area contributed by atoms with Crippen LogP contribution >= 0.6 is 46.4 Å². The molecule has 0 bridgehead atoms. The second kappa shape index (κ2) is 9.87. The molecule has 1 heterocycles. The van der Waals surface area contributed by atoms with E-state index in [9.17, 15) is 4.79 Å². The zero-order chi connectivity index (χ0) is 20.1. The van der Waals surface area contributed by atoms with Crippen molar-refractivity contribution in [3.05, 3.63) is 56.6 Å². The number of carbonyl (C=O) groups is 1. The fourth-order valence-corrected chi connectivity index (χ4v) is 3.99. The molecule has 1 aliphatic rings. The average molecular weight is 529 g/mol. The first kappa shape index (κ1) is 21.3. The van der Waals surface area contributed by atoms with Gasteiger partial charge in [-0.2, -0.15) is 0 Å². The van der Waals surface area contributed by atoms with E-state index in [1.54, 1.807) is 12.1 Å². The maximum Gasteiger partial charge on any atom is 0.258 e. The van der Waals surface area contributed by atoms with Gasteiger partial charge < -0.3 is 15.1 Å². The molecule has 1 saturated heterocycles. The number of benzene rings is 2. The van der Waals surface area contributed by atoms with Gasteiger partial charge in [0, 0.05) is 41.1 Å². The first-order valence-corrected chi connectivity index (χ1v) is 11.0. The number of likely N-dealkylation sites (N-methyl/N-ethyl adjacent to an activating group) is 1. The van der Waals surface area contributed by atoms with E-state index in [2.05, 4.69) is 62.1 Å². The van der Waals surface area contributed by atoms with Crippen LogP contribution in [0.15, 0.2) is 42.5 Å². The zero-order valence-corrected chi connectivity index (χ0v) is 19.3. The van der Waals surface area contributed by atoms with E-state index in [1.807, 2.05) is 18.2 Å². The summed E-state index contributed by atoms with van der Waals surface area (Å²) in [7, 11) is 0. The Hall–Kier alpha value is -1.42. The van der Waals surface area contributed by atoms with Gasteiger partial charge in [0.1, 0.15) is 0 Å². The molecule has 1 amide bonds. The highest BCUT2D eigenvalue weighted by Crippen LogP contribution is 2.20. The number of halogens is 2. The second-order valence-electron chi connectivity index (χ2n) is 6.50. The van der Waals surface area contributed by atoms with Gasteiger partial charge in [-0.25, -0.2) is 0 Å². The molecule has 2 aromatic carbocycles. The Kier molecular flexibility index (Phi) is 7.50. The number of nitrogens with one attached hydrogen (secondary N) is 2. The lowest BCUT2D eigenvalue weighted by molar-refractivity contribution is 0.0978. The van der Waals surface area contributed by atoms with Gasteiger partial charge in [0.25, 0.3) is 5.91 Å². The average Bonchev–Trinajstić information content (AvgIpc) is 2.70. The lowest BCUT2D eigenvalue weighted by Crippen LogP contribution is -2.46. The SMILES string of the molecule is CCN1CCN(c2ccc(NC(=S)NC(=O)c3cc(I)ccc3Cl)cc2)CC1. The Morgan fingerprint density at radius 3 is 2.46 bits per heavy atom. The van der Waals surface area contributed by atoms with Gasteiger partial charge in [0.2, 0.25) is 0 Å². The molecular formula is C20H22ClIN4OS. The van der Waals surface area contributed by atoms with Crippen LogP contribution in [0, 0.1) is 3.57 Å². The van der Waals surface area contributed by atoms with Crippen LogP contribution in [0.2, 0.25) is 5.02 Å². The molecule has 1 fully saturated rings. The molecule has 0 unspecified atom stereocenters. The van der Waals surface area contributed by atoms with Gasteiger partial charge >= 0.3 is 0 Å². The van der Waals surface area contributed by atoms with Crippen LogP contribution in [-0.4, -0.2) is 48.6 Å². The van der Waals surface area contributed by atoms with Gasteiger partial charge in [-0.05, 0) is 83.8 Å². The Labute approximate surface area is 189 Å². The van der Waals surface area contributed by atoms with Crippen molar-refractivity contribution in [1.82, 2.24) is 10.2 Å². The highest BCUT2D eigenvalue weighted by molar-refractivity contribution is 14.1. The molecule has 1 aliphatic heterocycles.